The third-order valence-electron chi connectivity index (χ3n) is 5.30. The molecule has 0 unspecified atom stereocenters. The van der Waals surface area contributed by atoms with Crippen LogP contribution in [0.3, 0.4) is 0 Å². The summed E-state index contributed by atoms with van der Waals surface area (Å²) in [6, 6.07) is 26.5. The van der Waals surface area contributed by atoms with Crippen molar-refractivity contribution in [2.75, 3.05) is 11.9 Å². The van der Waals surface area contributed by atoms with E-state index in [-0.39, 0.29) is 17.2 Å². The van der Waals surface area contributed by atoms with Crippen LogP contribution in [0, 0.1) is 5.82 Å². The number of anilines is 2. The fourth-order valence-corrected chi connectivity index (χ4v) is 5.28. The van der Waals surface area contributed by atoms with Gasteiger partial charge in [0.2, 0.25) is 0 Å². The van der Waals surface area contributed by atoms with Gasteiger partial charge in [-0.2, -0.15) is 0 Å². The van der Waals surface area contributed by atoms with E-state index in [1.54, 1.807) is 12.4 Å². The maximum Gasteiger partial charge on any atom is 0.272 e. The first-order valence-electron chi connectivity index (χ1n) is 12.1. The van der Waals surface area contributed by atoms with E-state index in [1.165, 1.54) is 35.4 Å². The van der Waals surface area contributed by atoms with Crippen LogP contribution >= 0.6 is 23.1 Å². The van der Waals surface area contributed by atoms with Gasteiger partial charge in [-0.15, -0.1) is 0 Å². The fraction of sp³-hybridized carbons (Fsp3) is 0.103. The molecule has 198 valence electrons. The third-order valence-corrected chi connectivity index (χ3v) is 7.35. The summed E-state index contributed by atoms with van der Waals surface area (Å²) in [6.07, 6.45) is 5.25. The molecule has 0 saturated heterocycles. The Morgan fingerprint density at radius 2 is 1.59 bits per heavy atom. The lowest BCUT2D eigenvalue weighted by Gasteiger charge is -2.09. The summed E-state index contributed by atoms with van der Waals surface area (Å²) in [5.41, 5.74) is 1.47. The molecule has 0 aliphatic heterocycles. The molecular formula is C29H26FN5O2S2. The van der Waals surface area contributed by atoms with Crippen LogP contribution in [0.2, 0.25) is 0 Å². The van der Waals surface area contributed by atoms with Crippen LogP contribution in [0.15, 0.2) is 113 Å². The number of aliphatic hydroxyl groups is 1. The number of thiazole rings is 1. The molecule has 0 spiro atoms. The molecule has 5 rings (SSSR count). The first-order chi connectivity index (χ1) is 19.1. The summed E-state index contributed by atoms with van der Waals surface area (Å²) in [7, 11) is 0. The number of carbonyl (C=O) groups excluding carboxylic acids is 1. The molecule has 0 aliphatic rings. The zero-order valence-electron chi connectivity index (χ0n) is 20.8. The molecule has 0 radical (unpaired) electrons. The SMILES string of the molecule is O=C(NCCc1ccccc1CO)c1nccc(Sc2cnc(Nc3ccccn3)s2)c1F.c1ccccc1. The van der Waals surface area contributed by atoms with Crippen molar-refractivity contribution < 1.29 is 14.3 Å². The van der Waals surface area contributed by atoms with Crippen LogP contribution in [0.1, 0.15) is 21.6 Å². The van der Waals surface area contributed by atoms with E-state index in [4.69, 9.17) is 0 Å². The number of halogens is 1. The second kappa shape index (κ2) is 14.7. The van der Waals surface area contributed by atoms with E-state index in [0.29, 0.717) is 23.9 Å². The number of pyridine rings is 2. The van der Waals surface area contributed by atoms with E-state index in [2.05, 4.69) is 25.6 Å². The van der Waals surface area contributed by atoms with Crippen LogP contribution in [0.25, 0.3) is 0 Å². The maximum absolute atomic E-state index is 15.0. The van der Waals surface area contributed by atoms with Gasteiger partial charge < -0.3 is 15.7 Å². The summed E-state index contributed by atoms with van der Waals surface area (Å²) in [5.74, 6) is -0.597. The molecule has 3 aromatic heterocycles. The highest BCUT2D eigenvalue weighted by Crippen LogP contribution is 2.36. The minimum absolute atomic E-state index is 0.0732. The van der Waals surface area contributed by atoms with Crippen molar-refractivity contribution in [1.29, 1.82) is 0 Å². The van der Waals surface area contributed by atoms with Gasteiger partial charge in [-0.3, -0.25) is 4.79 Å². The molecule has 1 amide bonds. The first kappa shape index (κ1) is 27.9. The van der Waals surface area contributed by atoms with Gasteiger partial charge in [0.1, 0.15) is 5.82 Å². The molecule has 0 saturated carbocycles. The Kier molecular flexibility index (Phi) is 10.5. The van der Waals surface area contributed by atoms with Crippen molar-refractivity contribution in [1.82, 2.24) is 20.3 Å². The van der Waals surface area contributed by atoms with Gasteiger partial charge >= 0.3 is 0 Å². The van der Waals surface area contributed by atoms with Crippen molar-refractivity contribution in [2.45, 2.75) is 22.1 Å². The Bertz CT molecular complexity index is 1440. The summed E-state index contributed by atoms with van der Waals surface area (Å²) < 4.78 is 15.8. The number of rotatable bonds is 9. The zero-order valence-corrected chi connectivity index (χ0v) is 22.5. The lowest BCUT2D eigenvalue weighted by Crippen LogP contribution is -2.27. The van der Waals surface area contributed by atoms with Crippen molar-refractivity contribution in [2.24, 2.45) is 0 Å². The van der Waals surface area contributed by atoms with E-state index in [1.807, 2.05) is 78.9 Å². The van der Waals surface area contributed by atoms with Crippen molar-refractivity contribution >= 4 is 40.0 Å². The van der Waals surface area contributed by atoms with Gasteiger partial charge in [0.25, 0.3) is 5.91 Å². The normalized spacial score (nSPS) is 10.3. The lowest BCUT2D eigenvalue weighted by atomic mass is 10.1. The third kappa shape index (κ3) is 8.44. The van der Waals surface area contributed by atoms with Crippen molar-refractivity contribution in [3.8, 4) is 0 Å². The van der Waals surface area contributed by atoms with Gasteiger partial charge in [0, 0.05) is 18.9 Å². The predicted molar refractivity (Wildman–Crippen MR) is 153 cm³/mol. The minimum Gasteiger partial charge on any atom is -0.392 e. The number of aromatic nitrogens is 3. The van der Waals surface area contributed by atoms with Crippen molar-refractivity contribution in [3.05, 3.63) is 126 Å². The average molecular weight is 560 g/mol. The molecule has 3 heterocycles. The Labute approximate surface area is 234 Å². The molecule has 5 aromatic rings. The van der Waals surface area contributed by atoms with Gasteiger partial charge in [-0.1, -0.05) is 89.8 Å². The summed E-state index contributed by atoms with van der Waals surface area (Å²) in [5, 5.41) is 15.8. The molecule has 0 fully saturated rings. The van der Waals surface area contributed by atoms with E-state index in [0.717, 1.165) is 15.3 Å². The smallest absolute Gasteiger partial charge is 0.272 e. The predicted octanol–water partition coefficient (Wildman–Crippen LogP) is 6.12. The van der Waals surface area contributed by atoms with E-state index in [9.17, 15) is 9.90 Å². The Hall–Kier alpha value is -4.12. The topological polar surface area (TPSA) is 100 Å². The van der Waals surface area contributed by atoms with E-state index >= 15 is 4.39 Å². The summed E-state index contributed by atoms with van der Waals surface area (Å²) in [4.78, 5) is 25.2. The minimum atomic E-state index is -0.677. The second-order valence-corrected chi connectivity index (χ2v) is 10.4. The highest BCUT2D eigenvalue weighted by Gasteiger charge is 2.18. The molecule has 0 atom stereocenters. The summed E-state index contributed by atoms with van der Waals surface area (Å²) in [6.45, 7) is 0.224. The first-order valence-corrected chi connectivity index (χ1v) is 13.7. The molecule has 39 heavy (non-hydrogen) atoms. The number of nitrogens with one attached hydrogen (secondary N) is 2. The number of nitrogens with zero attached hydrogens (tertiary/aromatic N) is 3. The van der Waals surface area contributed by atoms with E-state index < -0.39 is 11.7 Å². The Morgan fingerprint density at radius 3 is 2.28 bits per heavy atom. The molecule has 7 nitrogen and oxygen atoms in total. The van der Waals surface area contributed by atoms with Crippen molar-refractivity contribution in [3.63, 3.8) is 0 Å². The monoisotopic (exact) mass is 559 g/mol. The molecule has 3 N–H and O–H groups in total. The largest absolute Gasteiger partial charge is 0.392 e. The van der Waals surface area contributed by atoms with Gasteiger partial charge in [0.05, 0.1) is 21.9 Å². The van der Waals surface area contributed by atoms with Gasteiger partial charge in [-0.05, 0) is 35.7 Å². The zero-order chi connectivity index (χ0) is 27.3. The van der Waals surface area contributed by atoms with Gasteiger partial charge in [0.15, 0.2) is 16.6 Å². The maximum atomic E-state index is 15.0. The molecule has 2 aromatic carbocycles. The number of hydrogen-bond donors (Lipinski definition) is 3. The highest BCUT2D eigenvalue weighted by atomic mass is 32.2. The number of hydrogen-bond acceptors (Lipinski definition) is 8. The number of amides is 1. The molecular weight excluding hydrogens is 533 g/mol. The van der Waals surface area contributed by atoms with Gasteiger partial charge in [-0.25, -0.2) is 19.3 Å². The van der Waals surface area contributed by atoms with Crippen LogP contribution in [-0.4, -0.2) is 32.5 Å². The van der Waals surface area contributed by atoms with Crippen LogP contribution < -0.4 is 10.6 Å². The quantitative estimate of drug-likeness (QED) is 0.200. The Morgan fingerprint density at radius 1 is 0.872 bits per heavy atom. The highest BCUT2D eigenvalue weighted by molar-refractivity contribution is 8.01. The second-order valence-electron chi connectivity index (χ2n) is 7.99. The number of benzene rings is 2. The molecule has 0 aliphatic carbocycles. The fourth-order valence-electron chi connectivity index (χ4n) is 3.42. The standard InChI is InChI=1S/C23H20FN5O2S2.C6H6/c24-20-17(32-19-13-28-23(33-19)29-18-7-3-4-10-25-18)9-12-26-21(20)22(31)27-11-8-15-5-1-2-6-16(15)14-30;1-2-4-6-5-3-1/h1-7,9-10,12-13,30H,8,11,14H2,(H,27,31)(H,25,28,29);1-6H. The Balaban J connectivity index is 0.000000519. The summed E-state index contributed by atoms with van der Waals surface area (Å²) >= 11 is 2.53. The average Bonchev–Trinajstić information content (AvgIpc) is 3.42. The van der Waals surface area contributed by atoms with Crippen LogP contribution in [0.4, 0.5) is 15.3 Å². The number of carbonyl (C=O) groups is 1. The lowest BCUT2D eigenvalue weighted by molar-refractivity contribution is 0.0944. The van der Waals surface area contributed by atoms with Crippen LogP contribution in [-0.2, 0) is 13.0 Å². The number of aliphatic hydroxyl groups excluding tert-OH is 1. The molecule has 10 heteroatoms. The van der Waals surface area contributed by atoms with Crippen LogP contribution in [0.5, 0.6) is 0 Å². The molecule has 0 bridgehead atoms.